The van der Waals surface area contributed by atoms with Gasteiger partial charge in [-0.05, 0) is 32.6 Å². The van der Waals surface area contributed by atoms with Gasteiger partial charge in [0.05, 0.1) is 12.5 Å². The van der Waals surface area contributed by atoms with E-state index in [9.17, 15) is 9.59 Å². The van der Waals surface area contributed by atoms with Crippen LogP contribution in [0.1, 0.15) is 32.6 Å². The zero-order valence-corrected chi connectivity index (χ0v) is 16.9. The van der Waals surface area contributed by atoms with Gasteiger partial charge in [0.15, 0.2) is 5.96 Å². The summed E-state index contributed by atoms with van der Waals surface area (Å²) in [5.74, 6) is 1.15. The fraction of sp³-hybridized carbons (Fsp3) is 0.812. The highest BCUT2D eigenvalue weighted by Gasteiger charge is 2.29. The number of ether oxygens (including phenoxy) is 1. The molecule has 1 heterocycles. The molecule has 1 saturated carbocycles. The molecular formula is C16H29IN4O3. The largest absolute Gasteiger partial charge is 0.466 e. The Morgan fingerprint density at radius 1 is 1.08 bits per heavy atom. The van der Waals surface area contributed by atoms with Gasteiger partial charge in [-0.3, -0.25) is 14.6 Å². The fourth-order valence-corrected chi connectivity index (χ4v) is 2.77. The Bertz CT molecular complexity index is 447. The van der Waals surface area contributed by atoms with Crippen LogP contribution in [0.2, 0.25) is 0 Å². The van der Waals surface area contributed by atoms with E-state index in [1.54, 1.807) is 7.05 Å². The molecule has 1 aliphatic carbocycles. The number of carbonyl (C=O) groups is 2. The predicted molar refractivity (Wildman–Crippen MR) is 103 cm³/mol. The lowest BCUT2D eigenvalue weighted by atomic mass is 9.97. The summed E-state index contributed by atoms with van der Waals surface area (Å²) < 4.78 is 5.09. The summed E-state index contributed by atoms with van der Waals surface area (Å²) in [6.45, 7) is 5.11. The number of rotatable bonds is 6. The van der Waals surface area contributed by atoms with Crippen molar-refractivity contribution in [2.75, 3.05) is 39.8 Å². The Balaban J connectivity index is 0.00000288. The van der Waals surface area contributed by atoms with E-state index in [4.69, 9.17) is 4.74 Å². The number of likely N-dealkylation sites (tertiary alicyclic amines) is 1. The number of piperidine rings is 1. The summed E-state index contributed by atoms with van der Waals surface area (Å²) in [7, 11) is 1.75. The number of amides is 1. The molecule has 8 heteroatoms. The van der Waals surface area contributed by atoms with Crippen molar-refractivity contribution in [2.45, 2.75) is 32.6 Å². The molecule has 0 unspecified atom stereocenters. The molecule has 138 valence electrons. The molecule has 2 fully saturated rings. The van der Waals surface area contributed by atoms with E-state index in [-0.39, 0.29) is 47.7 Å². The van der Waals surface area contributed by atoms with Crippen LogP contribution in [0.15, 0.2) is 4.99 Å². The lowest BCUT2D eigenvalue weighted by molar-refractivity contribution is -0.149. The average Bonchev–Trinajstić information content (AvgIpc) is 3.40. The summed E-state index contributed by atoms with van der Waals surface area (Å²) in [6.07, 6.45) is 3.63. The van der Waals surface area contributed by atoms with Gasteiger partial charge < -0.3 is 20.3 Å². The lowest BCUT2D eigenvalue weighted by Gasteiger charge is -2.33. The first-order valence-corrected chi connectivity index (χ1v) is 8.55. The van der Waals surface area contributed by atoms with Gasteiger partial charge in [0.1, 0.15) is 0 Å². The second-order valence-electron chi connectivity index (χ2n) is 6.05. The first kappa shape index (κ1) is 21.0. The monoisotopic (exact) mass is 452 g/mol. The third-order valence-corrected chi connectivity index (χ3v) is 4.28. The molecule has 0 bridgehead atoms. The van der Waals surface area contributed by atoms with Crippen LogP contribution in [-0.2, 0) is 14.3 Å². The highest BCUT2D eigenvalue weighted by Crippen LogP contribution is 2.28. The van der Waals surface area contributed by atoms with Crippen molar-refractivity contribution >= 4 is 41.8 Å². The molecule has 2 aliphatic rings. The number of esters is 1. The standard InChI is InChI=1S/C16H28N4O3.HI/c1-3-23-15(22)13-6-10-20(11-7-13)16(17-2)19-9-8-18-14(21)12-4-5-12;/h12-13H,3-11H2,1-2H3,(H,17,19)(H,18,21);1H. The van der Waals surface area contributed by atoms with E-state index in [1.807, 2.05) is 6.92 Å². The quantitative estimate of drug-likeness (QED) is 0.207. The zero-order chi connectivity index (χ0) is 16.7. The topological polar surface area (TPSA) is 83.0 Å². The number of carbonyl (C=O) groups excluding carboxylic acids is 2. The van der Waals surface area contributed by atoms with E-state index < -0.39 is 0 Å². The molecule has 1 amide bonds. The van der Waals surface area contributed by atoms with E-state index in [0.717, 1.165) is 44.7 Å². The molecule has 1 aliphatic heterocycles. The van der Waals surface area contributed by atoms with Crippen molar-refractivity contribution in [3.8, 4) is 0 Å². The van der Waals surface area contributed by atoms with Crippen molar-refractivity contribution in [2.24, 2.45) is 16.8 Å². The first-order valence-electron chi connectivity index (χ1n) is 8.55. The SMILES string of the molecule is CCOC(=O)C1CCN(C(=NC)NCCNC(=O)C2CC2)CC1.I. The fourth-order valence-electron chi connectivity index (χ4n) is 2.77. The maximum Gasteiger partial charge on any atom is 0.309 e. The minimum absolute atomic E-state index is 0. The van der Waals surface area contributed by atoms with Crippen LogP contribution in [0.4, 0.5) is 0 Å². The van der Waals surface area contributed by atoms with Crippen molar-refractivity contribution in [3.63, 3.8) is 0 Å². The van der Waals surface area contributed by atoms with Crippen molar-refractivity contribution in [1.82, 2.24) is 15.5 Å². The van der Waals surface area contributed by atoms with Gasteiger partial charge in [0.2, 0.25) is 5.91 Å². The molecule has 0 aromatic carbocycles. The van der Waals surface area contributed by atoms with Crippen LogP contribution in [0.3, 0.4) is 0 Å². The molecule has 2 rings (SSSR count). The molecule has 0 spiro atoms. The number of nitrogens with zero attached hydrogens (tertiary/aromatic N) is 2. The van der Waals surface area contributed by atoms with Crippen LogP contribution < -0.4 is 10.6 Å². The van der Waals surface area contributed by atoms with Crippen molar-refractivity contribution in [3.05, 3.63) is 0 Å². The molecule has 1 saturated heterocycles. The molecule has 0 aromatic rings. The van der Waals surface area contributed by atoms with Crippen molar-refractivity contribution in [1.29, 1.82) is 0 Å². The van der Waals surface area contributed by atoms with Gasteiger partial charge in [-0.2, -0.15) is 0 Å². The molecule has 2 N–H and O–H groups in total. The highest BCUT2D eigenvalue weighted by atomic mass is 127. The van der Waals surface area contributed by atoms with Gasteiger partial charge in [-0.25, -0.2) is 0 Å². The van der Waals surface area contributed by atoms with Gasteiger partial charge in [0.25, 0.3) is 0 Å². The normalized spacial score (nSPS) is 18.6. The Kier molecular flexibility index (Phi) is 9.38. The van der Waals surface area contributed by atoms with Crippen LogP contribution in [0.5, 0.6) is 0 Å². The molecule has 7 nitrogen and oxygen atoms in total. The summed E-state index contributed by atoms with van der Waals surface area (Å²) in [5, 5.41) is 6.19. The van der Waals surface area contributed by atoms with Gasteiger partial charge in [0, 0.05) is 39.1 Å². The summed E-state index contributed by atoms with van der Waals surface area (Å²) in [6, 6.07) is 0. The number of nitrogens with one attached hydrogen (secondary N) is 2. The van der Waals surface area contributed by atoms with E-state index in [1.165, 1.54) is 0 Å². The number of guanidine groups is 1. The number of halogens is 1. The van der Waals surface area contributed by atoms with E-state index in [0.29, 0.717) is 19.7 Å². The third kappa shape index (κ3) is 6.45. The van der Waals surface area contributed by atoms with E-state index in [2.05, 4.69) is 20.5 Å². The zero-order valence-electron chi connectivity index (χ0n) is 14.5. The van der Waals surface area contributed by atoms with Gasteiger partial charge in [-0.1, -0.05) is 0 Å². The molecule has 0 aromatic heterocycles. The Hall–Kier alpha value is -1.06. The van der Waals surface area contributed by atoms with Crippen LogP contribution in [-0.4, -0.2) is 62.6 Å². The Morgan fingerprint density at radius 2 is 1.71 bits per heavy atom. The molecular weight excluding hydrogens is 423 g/mol. The van der Waals surface area contributed by atoms with Crippen molar-refractivity contribution < 1.29 is 14.3 Å². The summed E-state index contributed by atoms with van der Waals surface area (Å²) >= 11 is 0. The number of hydrogen-bond acceptors (Lipinski definition) is 4. The third-order valence-electron chi connectivity index (χ3n) is 4.28. The molecule has 0 radical (unpaired) electrons. The minimum atomic E-state index is -0.0853. The first-order chi connectivity index (χ1) is 11.2. The second-order valence-corrected chi connectivity index (χ2v) is 6.05. The Morgan fingerprint density at radius 3 is 2.25 bits per heavy atom. The van der Waals surface area contributed by atoms with Gasteiger partial charge in [-0.15, -0.1) is 24.0 Å². The molecule has 24 heavy (non-hydrogen) atoms. The van der Waals surface area contributed by atoms with Crippen LogP contribution in [0.25, 0.3) is 0 Å². The minimum Gasteiger partial charge on any atom is -0.466 e. The smallest absolute Gasteiger partial charge is 0.309 e. The second kappa shape index (κ2) is 10.7. The predicted octanol–water partition coefficient (Wildman–Crippen LogP) is 0.981. The summed E-state index contributed by atoms with van der Waals surface area (Å²) in [5.41, 5.74) is 0. The number of hydrogen-bond donors (Lipinski definition) is 2. The highest BCUT2D eigenvalue weighted by molar-refractivity contribution is 14.0. The lowest BCUT2D eigenvalue weighted by Crippen LogP contribution is -2.48. The molecule has 0 atom stereocenters. The average molecular weight is 452 g/mol. The Labute approximate surface area is 161 Å². The van der Waals surface area contributed by atoms with Gasteiger partial charge >= 0.3 is 5.97 Å². The number of aliphatic imine (C=N–C) groups is 1. The maximum atomic E-state index is 11.8. The van der Waals surface area contributed by atoms with Crippen LogP contribution >= 0.6 is 24.0 Å². The van der Waals surface area contributed by atoms with Crippen LogP contribution in [0, 0.1) is 11.8 Å². The summed E-state index contributed by atoms with van der Waals surface area (Å²) in [4.78, 5) is 29.7. The van der Waals surface area contributed by atoms with E-state index >= 15 is 0 Å². The maximum absolute atomic E-state index is 11.8.